The maximum absolute atomic E-state index is 6.42. The third kappa shape index (κ3) is 5.07. The van der Waals surface area contributed by atoms with Gasteiger partial charge in [-0.25, -0.2) is 0 Å². The molecule has 1 aliphatic rings. The molecule has 3 rings (SSSR count). The first-order valence-corrected chi connectivity index (χ1v) is 8.80. The summed E-state index contributed by atoms with van der Waals surface area (Å²) in [4.78, 5) is 2.54. The summed E-state index contributed by atoms with van der Waals surface area (Å²) in [6.07, 6.45) is 2.62. The van der Waals surface area contributed by atoms with E-state index in [2.05, 4.69) is 72.5 Å². The first kappa shape index (κ1) is 19.0. The summed E-state index contributed by atoms with van der Waals surface area (Å²) in [5.74, 6) is 0.652. The van der Waals surface area contributed by atoms with E-state index in [1.165, 1.54) is 37.1 Å². The normalized spacial score (nSPS) is 18.3. The Morgan fingerprint density at radius 2 is 1.58 bits per heavy atom. The lowest BCUT2D eigenvalue weighted by atomic mass is 9.98. The highest BCUT2D eigenvalue weighted by atomic mass is 35.5. The zero-order chi connectivity index (χ0) is 15.9. The van der Waals surface area contributed by atoms with Gasteiger partial charge in [-0.05, 0) is 43.0 Å². The number of ether oxygens (including phenoxy) is 1. The van der Waals surface area contributed by atoms with Crippen LogP contribution in [0.1, 0.15) is 37.0 Å². The average molecular weight is 346 g/mol. The van der Waals surface area contributed by atoms with E-state index < -0.39 is 0 Å². The minimum absolute atomic E-state index is 0. The fourth-order valence-electron chi connectivity index (χ4n) is 3.45. The van der Waals surface area contributed by atoms with Crippen LogP contribution in [0.4, 0.5) is 0 Å². The highest BCUT2D eigenvalue weighted by Gasteiger charge is 2.21. The van der Waals surface area contributed by atoms with Gasteiger partial charge in [-0.15, -0.1) is 12.4 Å². The van der Waals surface area contributed by atoms with Crippen molar-refractivity contribution in [2.24, 2.45) is 5.92 Å². The van der Waals surface area contributed by atoms with Crippen LogP contribution in [0, 0.1) is 5.92 Å². The van der Waals surface area contributed by atoms with Crippen molar-refractivity contribution in [3.05, 3.63) is 71.8 Å². The number of halogens is 1. The van der Waals surface area contributed by atoms with Crippen molar-refractivity contribution in [3.8, 4) is 0 Å². The lowest BCUT2D eigenvalue weighted by Gasteiger charge is -2.32. The van der Waals surface area contributed by atoms with Crippen molar-refractivity contribution in [2.75, 3.05) is 26.2 Å². The smallest absolute Gasteiger partial charge is 0.108 e. The largest absolute Gasteiger partial charge is 0.368 e. The number of nitrogens with zero attached hydrogens (tertiary/aromatic N) is 1. The first-order chi connectivity index (χ1) is 11.4. The Morgan fingerprint density at radius 3 is 2.12 bits per heavy atom. The van der Waals surface area contributed by atoms with Crippen LogP contribution in [0.25, 0.3) is 0 Å². The van der Waals surface area contributed by atoms with Crippen LogP contribution in [-0.2, 0) is 4.74 Å². The van der Waals surface area contributed by atoms with Gasteiger partial charge >= 0.3 is 0 Å². The second-order valence-electron chi connectivity index (χ2n) is 6.44. The van der Waals surface area contributed by atoms with E-state index in [-0.39, 0.29) is 18.5 Å². The Hall–Kier alpha value is -1.35. The summed E-state index contributed by atoms with van der Waals surface area (Å²) in [6.45, 7) is 6.66. The predicted molar refractivity (Wildman–Crippen MR) is 103 cm³/mol. The van der Waals surface area contributed by atoms with Crippen LogP contribution in [0.2, 0.25) is 0 Å². The van der Waals surface area contributed by atoms with Crippen LogP contribution in [0.5, 0.6) is 0 Å². The van der Waals surface area contributed by atoms with Crippen molar-refractivity contribution in [2.45, 2.75) is 25.9 Å². The van der Waals surface area contributed by atoms with E-state index in [0.717, 1.165) is 13.2 Å². The molecule has 2 aromatic carbocycles. The molecule has 0 radical (unpaired) electrons. The Morgan fingerprint density at radius 1 is 1.00 bits per heavy atom. The third-order valence-corrected chi connectivity index (χ3v) is 4.75. The minimum Gasteiger partial charge on any atom is -0.368 e. The number of rotatable bonds is 6. The van der Waals surface area contributed by atoms with Crippen molar-refractivity contribution < 1.29 is 4.74 Å². The summed E-state index contributed by atoms with van der Waals surface area (Å²) in [5, 5.41) is 0. The van der Waals surface area contributed by atoms with Crippen LogP contribution in [0.15, 0.2) is 60.7 Å². The van der Waals surface area contributed by atoms with Crippen LogP contribution in [-0.4, -0.2) is 31.1 Å². The molecule has 0 aromatic heterocycles. The Kier molecular flexibility index (Phi) is 7.77. The van der Waals surface area contributed by atoms with Crippen LogP contribution < -0.4 is 0 Å². The molecule has 3 heteroatoms. The molecule has 1 unspecified atom stereocenters. The van der Waals surface area contributed by atoms with E-state index >= 15 is 0 Å². The van der Waals surface area contributed by atoms with E-state index in [1.807, 2.05) is 0 Å². The molecule has 24 heavy (non-hydrogen) atoms. The summed E-state index contributed by atoms with van der Waals surface area (Å²) >= 11 is 0. The van der Waals surface area contributed by atoms with Gasteiger partial charge in [0, 0.05) is 6.54 Å². The standard InChI is InChI=1S/C21H27NO.ClH/c1-2-22-15-9-10-18(16-22)17-23-21(19-11-5-3-6-12-19)20-13-7-4-8-14-20;/h3-8,11-14,18,21H,2,9-10,15-17H2,1H3;1H. The van der Waals surface area contributed by atoms with Gasteiger partial charge in [0.05, 0.1) is 6.61 Å². The first-order valence-electron chi connectivity index (χ1n) is 8.80. The molecule has 2 nitrogen and oxygen atoms in total. The SMILES string of the molecule is CCN1CCCC(COC(c2ccccc2)c2ccccc2)C1.Cl. The van der Waals surface area contributed by atoms with Crippen LogP contribution in [0.3, 0.4) is 0 Å². The highest BCUT2D eigenvalue weighted by molar-refractivity contribution is 5.85. The van der Waals surface area contributed by atoms with E-state index in [9.17, 15) is 0 Å². The predicted octanol–water partition coefficient (Wildman–Crippen LogP) is 4.95. The van der Waals surface area contributed by atoms with Crippen molar-refractivity contribution in [1.82, 2.24) is 4.90 Å². The van der Waals surface area contributed by atoms with Gasteiger partial charge in [0.15, 0.2) is 0 Å². The van der Waals surface area contributed by atoms with Gasteiger partial charge < -0.3 is 9.64 Å². The monoisotopic (exact) mass is 345 g/mol. The number of hydrogen-bond acceptors (Lipinski definition) is 2. The minimum atomic E-state index is 0. The van der Waals surface area contributed by atoms with Crippen LogP contribution >= 0.6 is 12.4 Å². The summed E-state index contributed by atoms with van der Waals surface area (Å²) in [6, 6.07) is 21.1. The molecule has 1 saturated heterocycles. The molecule has 0 aliphatic carbocycles. The molecule has 0 saturated carbocycles. The summed E-state index contributed by atoms with van der Waals surface area (Å²) < 4.78 is 6.42. The molecule has 1 heterocycles. The zero-order valence-electron chi connectivity index (χ0n) is 14.4. The maximum atomic E-state index is 6.42. The number of piperidine rings is 1. The van der Waals surface area contributed by atoms with Crippen molar-refractivity contribution in [1.29, 1.82) is 0 Å². The fraction of sp³-hybridized carbons (Fsp3) is 0.429. The lowest BCUT2D eigenvalue weighted by Crippen LogP contribution is -2.37. The van der Waals surface area contributed by atoms with Gasteiger partial charge in [-0.3, -0.25) is 0 Å². The fourth-order valence-corrected chi connectivity index (χ4v) is 3.45. The molecule has 0 N–H and O–H groups in total. The summed E-state index contributed by atoms with van der Waals surface area (Å²) in [7, 11) is 0. The number of likely N-dealkylation sites (tertiary alicyclic amines) is 1. The number of benzene rings is 2. The average Bonchev–Trinajstić information content (AvgIpc) is 2.64. The van der Waals surface area contributed by atoms with E-state index in [1.54, 1.807) is 0 Å². The van der Waals surface area contributed by atoms with Gasteiger partial charge in [0.25, 0.3) is 0 Å². The van der Waals surface area contributed by atoms with Gasteiger partial charge in [-0.1, -0.05) is 67.6 Å². The second-order valence-corrected chi connectivity index (χ2v) is 6.44. The zero-order valence-corrected chi connectivity index (χ0v) is 15.3. The molecule has 0 spiro atoms. The molecule has 1 aliphatic heterocycles. The lowest BCUT2D eigenvalue weighted by molar-refractivity contribution is 0.0274. The van der Waals surface area contributed by atoms with Gasteiger partial charge in [0.1, 0.15) is 6.10 Å². The topological polar surface area (TPSA) is 12.5 Å². The molecule has 2 aromatic rings. The molecule has 0 amide bonds. The maximum Gasteiger partial charge on any atom is 0.108 e. The van der Waals surface area contributed by atoms with Gasteiger partial charge in [-0.2, -0.15) is 0 Å². The van der Waals surface area contributed by atoms with Crippen molar-refractivity contribution >= 4 is 12.4 Å². The Bertz CT molecular complexity index is 535. The van der Waals surface area contributed by atoms with E-state index in [4.69, 9.17) is 4.74 Å². The third-order valence-electron chi connectivity index (χ3n) is 4.75. The molecular formula is C21H28ClNO. The second kappa shape index (κ2) is 9.83. The highest BCUT2D eigenvalue weighted by Crippen LogP contribution is 2.27. The molecular weight excluding hydrogens is 318 g/mol. The molecule has 130 valence electrons. The Balaban J connectivity index is 0.00000208. The van der Waals surface area contributed by atoms with Crippen molar-refractivity contribution in [3.63, 3.8) is 0 Å². The Labute approximate surface area is 152 Å². The molecule has 0 bridgehead atoms. The molecule has 1 atom stereocenters. The molecule has 1 fully saturated rings. The summed E-state index contributed by atoms with van der Waals surface area (Å²) in [5.41, 5.74) is 2.48. The van der Waals surface area contributed by atoms with E-state index in [0.29, 0.717) is 5.92 Å². The van der Waals surface area contributed by atoms with Gasteiger partial charge in [0.2, 0.25) is 0 Å². The quantitative estimate of drug-likeness (QED) is 0.734. The number of hydrogen-bond donors (Lipinski definition) is 0.